The number of carboxylic acids is 1. The van der Waals surface area contributed by atoms with Crippen molar-refractivity contribution in [2.24, 2.45) is 5.92 Å². The van der Waals surface area contributed by atoms with Gasteiger partial charge >= 0.3 is 18.2 Å². The summed E-state index contributed by atoms with van der Waals surface area (Å²) in [4.78, 5) is 22.2. The Morgan fingerprint density at radius 1 is 1.29 bits per heavy atom. The van der Waals surface area contributed by atoms with E-state index in [4.69, 9.17) is 9.84 Å². The lowest BCUT2D eigenvalue weighted by Gasteiger charge is -2.23. The lowest BCUT2D eigenvalue weighted by atomic mass is 10.0. The number of carbonyl (C=O) groups is 2. The van der Waals surface area contributed by atoms with E-state index in [-0.39, 0.29) is 6.61 Å². The van der Waals surface area contributed by atoms with Crippen LogP contribution in [0.3, 0.4) is 0 Å². The molecule has 0 aliphatic rings. The Hall–Kier alpha value is -2.25. The van der Waals surface area contributed by atoms with Crippen LogP contribution < -0.4 is 5.32 Å². The van der Waals surface area contributed by atoms with Gasteiger partial charge in [0, 0.05) is 0 Å². The minimum absolute atomic E-state index is 0.167. The summed E-state index contributed by atoms with van der Waals surface area (Å²) in [5.41, 5.74) is 0.628. The van der Waals surface area contributed by atoms with Crippen LogP contribution in [0.25, 0.3) is 0 Å². The number of carbonyl (C=O) groups excluding carboxylic acids is 1. The van der Waals surface area contributed by atoms with Crippen molar-refractivity contribution in [1.29, 1.82) is 0 Å². The third-order valence-electron chi connectivity index (χ3n) is 2.77. The van der Waals surface area contributed by atoms with Gasteiger partial charge in [-0.2, -0.15) is 13.2 Å². The van der Waals surface area contributed by atoms with Crippen LogP contribution in [0, 0.1) is 5.92 Å². The Balaban J connectivity index is 2.59. The van der Waals surface area contributed by atoms with Gasteiger partial charge in [0.05, 0.1) is 5.92 Å². The zero-order valence-electron chi connectivity index (χ0n) is 11.1. The molecule has 2 atom stereocenters. The van der Waals surface area contributed by atoms with E-state index in [1.54, 1.807) is 35.6 Å². The highest BCUT2D eigenvalue weighted by molar-refractivity contribution is 5.80. The van der Waals surface area contributed by atoms with E-state index in [1.807, 2.05) is 0 Å². The number of aliphatic carboxylic acids is 1. The normalized spacial score (nSPS) is 14.1. The molecule has 1 aromatic carbocycles. The fraction of sp³-hybridized carbons (Fsp3) is 0.385. The molecule has 116 valence electrons. The largest absolute Gasteiger partial charge is 0.480 e. The maximum Gasteiger partial charge on any atom is 0.408 e. The minimum atomic E-state index is -4.74. The van der Waals surface area contributed by atoms with Crippen molar-refractivity contribution in [2.75, 3.05) is 0 Å². The van der Waals surface area contributed by atoms with Crippen LogP contribution in [-0.4, -0.2) is 29.4 Å². The number of hydrogen-bond acceptors (Lipinski definition) is 3. The first-order valence-electron chi connectivity index (χ1n) is 5.98. The molecule has 1 amide bonds. The topological polar surface area (TPSA) is 75.6 Å². The predicted molar refractivity (Wildman–Crippen MR) is 66.4 cm³/mol. The molecule has 0 bridgehead atoms. The molecule has 0 radical (unpaired) electrons. The Morgan fingerprint density at radius 2 is 1.86 bits per heavy atom. The Kier molecular flexibility index (Phi) is 5.57. The maximum atomic E-state index is 12.5. The van der Waals surface area contributed by atoms with Crippen molar-refractivity contribution in [3.05, 3.63) is 35.9 Å². The van der Waals surface area contributed by atoms with Gasteiger partial charge in [-0.3, -0.25) is 0 Å². The number of carboxylic acid groups (broad SMARTS) is 1. The average molecular weight is 305 g/mol. The quantitative estimate of drug-likeness (QED) is 0.876. The molecular formula is C13H14F3NO4. The average Bonchev–Trinajstić information content (AvgIpc) is 2.41. The van der Waals surface area contributed by atoms with Crippen LogP contribution in [0.1, 0.15) is 12.5 Å². The van der Waals surface area contributed by atoms with Crippen molar-refractivity contribution in [1.82, 2.24) is 5.32 Å². The molecule has 5 nitrogen and oxygen atoms in total. The summed E-state index contributed by atoms with van der Waals surface area (Å²) in [5, 5.41) is 10.5. The first-order chi connectivity index (χ1) is 9.71. The van der Waals surface area contributed by atoms with Crippen LogP contribution in [-0.2, 0) is 16.1 Å². The van der Waals surface area contributed by atoms with Crippen molar-refractivity contribution in [3.63, 3.8) is 0 Å². The number of nitrogens with one attached hydrogen (secondary N) is 1. The summed E-state index contributed by atoms with van der Waals surface area (Å²) in [6.07, 6.45) is -5.96. The van der Waals surface area contributed by atoms with Crippen LogP contribution in [0.5, 0.6) is 0 Å². The van der Waals surface area contributed by atoms with Crippen molar-refractivity contribution in [2.45, 2.75) is 25.7 Å². The number of alkyl carbamates (subject to hydrolysis) is 1. The monoisotopic (exact) mass is 305 g/mol. The Labute approximate surface area is 118 Å². The Morgan fingerprint density at radius 3 is 2.33 bits per heavy atom. The molecule has 0 aromatic heterocycles. The summed E-state index contributed by atoms with van der Waals surface area (Å²) < 4.78 is 42.2. The highest BCUT2D eigenvalue weighted by Gasteiger charge is 2.45. The van der Waals surface area contributed by atoms with Gasteiger partial charge in [-0.05, 0) is 5.56 Å². The second-order valence-corrected chi connectivity index (χ2v) is 4.35. The lowest BCUT2D eigenvalue weighted by Crippen LogP contribution is -2.49. The molecule has 0 spiro atoms. The number of hydrogen-bond donors (Lipinski definition) is 2. The fourth-order valence-electron chi connectivity index (χ4n) is 1.48. The molecule has 2 N–H and O–H groups in total. The molecule has 1 rings (SSSR count). The number of rotatable bonds is 5. The van der Waals surface area contributed by atoms with Crippen molar-refractivity contribution < 1.29 is 32.6 Å². The fourth-order valence-corrected chi connectivity index (χ4v) is 1.48. The third kappa shape index (κ3) is 5.33. The standard InChI is InChI=1S/C13H14F3NO4/c1-8(13(14,15)16)10(11(18)19)17-12(20)21-7-9-5-3-2-4-6-9/h2-6,8,10H,7H2,1H3,(H,17,20)(H,18,19). The number of halogens is 3. The molecule has 2 unspecified atom stereocenters. The van der Waals surface area contributed by atoms with Crippen LogP contribution in [0.4, 0.5) is 18.0 Å². The molecule has 0 aliphatic carbocycles. The van der Waals surface area contributed by atoms with Gasteiger partial charge in [0.25, 0.3) is 0 Å². The molecule has 0 heterocycles. The van der Waals surface area contributed by atoms with E-state index in [1.165, 1.54) is 0 Å². The molecule has 8 heteroatoms. The van der Waals surface area contributed by atoms with Crippen LogP contribution in [0.2, 0.25) is 0 Å². The van der Waals surface area contributed by atoms with Gasteiger partial charge < -0.3 is 15.2 Å². The number of ether oxygens (including phenoxy) is 1. The minimum Gasteiger partial charge on any atom is -0.480 e. The smallest absolute Gasteiger partial charge is 0.408 e. The van der Waals surface area contributed by atoms with Crippen LogP contribution >= 0.6 is 0 Å². The first kappa shape index (κ1) is 16.8. The second-order valence-electron chi connectivity index (χ2n) is 4.35. The van der Waals surface area contributed by atoms with E-state index >= 15 is 0 Å². The molecule has 0 fully saturated rings. The zero-order valence-corrected chi connectivity index (χ0v) is 11.1. The summed E-state index contributed by atoms with van der Waals surface area (Å²) in [6.45, 7) is 0.510. The highest BCUT2D eigenvalue weighted by Crippen LogP contribution is 2.28. The zero-order chi connectivity index (χ0) is 16.0. The van der Waals surface area contributed by atoms with Gasteiger partial charge in [-0.25, -0.2) is 9.59 Å². The first-order valence-corrected chi connectivity index (χ1v) is 5.98. The molecule has 0 saturated heterocycles. The molecule has 0 aliphatic heterocycles. The van der Waals surface area contributed by atoms with E-state index in [0.717, 1.165) is 0 Å². The summed E-state index contributed by atoms with van der Waals surface area (Å²) in [7, 11) is 0. The summed E-state index contributed by atoms with van der Waals surface area (Å²) >= 11 is 0. The van der Waals surface area contributed by atoms with E-state index in [9.17, 15) is 22.8 Å². The van der Waals surface area contributed by atoms with Gasteiger partial charge in [-0.1, -0.05) is 37.3 Å². The van der Waals surface area contributed by atoms with E-state index in [2.05, 4.69) is 0 Å². The lowest BCUT2D eigenvalue weighted by molar-refractivity contribution is -0.184. The number of amides is 1. The second kappa shape index (κ2) is 6.96. The van der Waals surface area contributed by atoms with E-state index < -0.39 is 30.2 Å². The SMILES string of the molecule is CC(C(NC(=O)OCc1ccccc1)C(=O)O)C(F)(F)F. The van der Waals surface area contributed by atoms with Crippen molar-refractivity contribution in [3.8, 4) is 0 Å². The highest BCUT2D eigenvalue weighted by atomic mass is 19.4. The van der Waals surface area contributed by atoms with Gasteiger partial charge in [0.15, 0.2) is 0 Å². The van der Waals surface area contributed by atoms with Gasteiger partial charge in [-0.15, -0.1) is 0 Å². The third-order valence-corrected chi connectivity index (χ3v) is 2.77. The van der Waals surface area contributed by atoms with Crippen molar-refractivity contribution >= 4 is 12.1 Å². The number of alkyl halides is 3. The van der Waals surface area contributed by atoms with E-state index in [0.29, 0.717) is 12.5 Å². The summed E-state index contributed by atoms with van der Waals surface area (Å²) in [5.74, 6) is -4.02. The maximum absolute atomic E-state index is 12.5. The predicted octanol–water partition coefficient (Wildman–Crippen LogP) is 2.56. The molecular weight excluding hydrogens is 291 g/mol. The molecule has 21 heavy (non-hydrogen) atoms. The number of benzene rings is 1. The van der Waals surface area contributed by atoms with Gasteiger partial charge in [0.1, 0.15) is 12.6 Å². The van der Waals surface area contributed by atoms with Crippen LogP contribution in [0.15, 0.2) is 30.3 Å². The molecule has 1 aromatic rings. The Bertz CT molecular complexity index is 490. The molecule has 0 saturated carbocycles. The summed E-state index contributed by atoms with van der Waals surface area (Å²) in [6, 6.07) is 6.34. The van der Waals surface area contributed by atoms with Gasteiger partial charge in [0.2, 0.25) is 0 Å².